The molecular weight excluding hydrogens is 204 g/mol. The number of carbonyl (C=O) groups excluding carboxylic acids is 2. The molecule has 0 aromatic heterocycles. The molecule has 1 radical (unpaired) electrons. The predicted molar refractivity (Wildman–Crippen MR) is 49.7 cm³/mol. The van der Waals surface area contributed by atoms with Gasteiger partial charge in [0.15, 0.2) is 0 Å². The molecule has 0 fully saturated rings. The summed E-state index contributed by atoms with van der Waals surface area (Å²) in [5.41, 5.74) is 0. The fraction of sp³-hybridized carbons (Fsp3) is 0.667. The van der Waals surface area contributed by atoms with Crippen LogP contribution >= 0.6 is 0 Å². The first kappa shape index (κ1) is 13.5. The van der Waals surface area contributed by atoms with E-state index in [0.717, 1.165) is 0 Å². The van der Waals surface area contributed by atoms with E-state index >= 15 is 0 Å². The molecule has 0 spiro atoms. The zero-order valence-electron chi connectivity index (χ0n) is 9.18. The number of rotatable bonds is 4. The molecule has 6 nitrogen and oxygen atoms in total. The maximum Gasteiger partial charge on any atom is 0.511 e. The van der Waals surface area contributed by atoms with Crippen LogP contribution in [0.25, 0.3) is 0 Å². The Morgan fingerprint density at radius 1 is 0.867 bits per heavy atom. The summed E-state index contributed by atoms with van der Waals surface area (Å²) in [5.74, 6) is 0. The van der Waals surface area contributed by atoms with Crippen LogP contribution in [0.4, 0.5) is 9.59 Å². The Hall–Kier alpha value is -1.46. The minimum Gasteiger partial charge on any atom is -0.431 e. The summed E-state index contributed by atoms with van der Waals surface area (Å²) in [5, 5.41) is 0. The third kappa shape index (κ3) is 8.86. The predicted octanol–water partition coefficient (Wildman–Crippen LogP) is 2.23. The van der Waals surface area contributed by atoms with E-state index in [0.29, 0.717) is 6.79 Å². The van der Waals surface area contributed by atoms with E-state index in [4.69, 9.17) is 0 Å². The molecule has 0 saturated heterocycles. The van der Waals surface area contributed by atoms with Gasteiger partial charge < -0.3 is 18.9 Å². The van der Waals surface area contributed by atoms with Gasteiger partial charge in [-0.25, -0.2) is 9.59 Å². The minimum atomic E-state index is -0.942. The van der Waals surface area contributed by atoms with E-state index in [-0.39, 0.29) is 12.2 Å². The summed E-state index contributed by atoms with van der Waals surface area (Å²) >= 11 is 0. The van der Waals surface area contributed by atoms with Crippen LogP contribution in [0.2, 0.25) is 0 Å². The van der Waals surface area contributed by atoms with Gasteiger partial charge in [-0.3, -0.25) is 0 Å². The van der Waals surface area contributed by atoms with Crippen molar-refractivity contribution in [3.05, 3.63) is 6.79 Å². The van der Waals surface area contributed by atoms with Gasteiger partial charge in [0.05, 0.1) is 12.2 Å². The highest BCUT2D eigenvalue weighted by Gasteiger charge is 2.11. The van der Waals surface area contributed by atoms with Crippen LogP contribution in [0, 0.1) is 6.79 Å². The molecule has 0 unspecified atom stereocenters. The fourth-order valence-electron chi connectivity index (χ4n) is 0.543. The Morgan fingerprint density at radius 2 is 1.20 bits per heavy atom. The zero-order chi connectivity index (χ0) is 11.8. The second-order valence-corrected chi connectivity index (χ2v) is 3.17. The van der Waals surface area contributed by atoms with E-state index in [9.17, 15) is 9.59 Å². The molecule has 0 aliphatic carbocycles. The highest BCUT2D eigenvalue weighted by atomic mass is 16.8. The molecule has 0 rings (SSSR count). The smallest absolute Gasteiger partial charge is 0.431 e. The van der Waals surface area contributed by atoms with Crippen LogP contribution in [0.15, 0.2) is 0 Å². The lowest BCUT2D eigenvalue weighted by Crippen LogP contribution is -2.16. The Morgan fingerprint density at radius 3 is 1.47 bits per heavy atom. The fourth-order valence-corrected chi connectivity index (χ4v) is 0.543. The summed E-state index contributed by atoms with van der Waals surface area (Å²) in [4.78, 5) is 21.5. The molecule has 0 atom stereocenters. The first-order chi connectivity index (χ1) is 6.91. The molecule has 0 aromatic rings. The maximum atomic E-state index is 10.7. The van der Waals surface area contributed by atoms with E-state index in [1.807, 2.05) is 0 Å². The van der Waals surface area contributed by atoms with Gasteiger partial charge in [0, 0.05) is 0 Å². The molecule has 0 bridgehead atoms. The largest absolute Gasteiger partial charge is 0.511 e. The van der Waals surface area contributed by atoms with Gasteiger partial charge in [-0.1, -0.05) is 0 Å². The van der Waals surface area contributed by atoms with E-state index in [1.54, 1.807) is 27.7 Å². The van der Waals surface area contributed by atoms with E-state index in [2.05, 4.69) is 18.9 Å². The second kappa shape index (κ2) is 6.92. The average molecular weight is 219 g/mol. The molecule has 15 heavy (non-hydrogen) atoms. The Labute approximate surface area is 88.4 Å². The standard InChI is InChI=1S/C9H15O6/c1-6(2)14-8(10)12-5-13-9(11)15-7(3)4/h5-7H,1-4H3. The Bertz CT molecular complexity index is 189. The summed E-state index contributed by atoms with van der Waals surface area (Å²) in [6.45, 7) is 7.21. The second-order valence-electron chi connectivity index (χ2n) is 3.17. The van der Waals surface area contributed by atoms with Gasteiger partial charge >= 0.3 is 19.1 Å². The summed E-state index contributed by atoms with van der Waals surface area (Å²) in [6.07, 6.45) is -2.48. The van der Waals surface area contributed by atoms with Crippen LogP contribution < -0.4 is 0 Å². The van der Waals surface area contributed by atoms with Gasteiger partial charge in [0.25, 0.3) is 0 Å². The first-order valence-corrected chi connectivity index (χ1v) is 4.48. The third-order valence-electron chi connectivity index (χ3n) is 0.953. The van der Waals surface area contributed by atoms with Crippen molar-refractivity contribution in [2.75, 3.05) is 0 Å². The molecule has 0 N–H and O–H groups in total. The van der Waals surface area contributed by atoms with Gasteiger partial charge in [-0.2, -0.15) is 0 Å². The molecule has 0 aliphatic rings. The van der Waals surface area contributed by atoms with Crippen molar-refractivity contribution >= 4 is 12.3 Å². The van der Waals surface area contributed by atoms with Crippen molar-refractivity contribution in [2.24, 2.45) is 0 Å². The van der Waals surface area contributed by atoms with Crippen molar-refractivity contribution in [1.82, 2.24) is 0 Å². The van der Waals surface area contributed by atoms with Crippen LogP contribution in [0.3, 0.4) is 0 Å². The molecule has 0 aliphatic heterocycles. The van der Waals surface area contributed by atoms with Gasteiger partial charge in [0.1, 0.15) is 0 Å². The number of hydrogen-bond acceptors (Lipinski definition) is 6. The highest BCUT2D eigenvalue weighted by Crippen LogP contribution is 1.98. The normalized spacial score (nSPS) is 10.0. The maximum absolute atomic E-state index is 10.7. The highest BCUT2D eigenvalue weighted by molar-refractivity contribution is 5.62. The summed E-state index contributed by atoms with van der Waals surface area (Å²) < 4.78 is 17.8. The quantitative estimate of drug-likeness (QED) is 0.675. The van der Waals surface area contributed by atoms with Gasteiger partial charge in [0.2, 0.25) is 0 Å². The molecule has 0 aromatic carbocycles. The van der Waals surface area contributed by atoms with Crippen molar-refractivity contribution in [1.29, 1.82) is 0 Å². The molecule has 6 heteroatoms. The summed E-state index contributed by atoms with van der Waals surface area (Å²) in [7, 11) is 0. The zero-order valence-corrected chi connectivity index (χ0v) is 9.18. The van der Waals surface area contributed by atoms with Crippen LogP contribution in [0.5, 0.6) is 0 Å². The minimum absolute atomic E-state index is 0.298. The topological polar surface area (TPSA) is 71.1 Å². The SMILES string of the molecule is CC(C)OC(=O)O[CH]OC(=O)OC(C)C. The lowest BCUT2D eigenvalue weighted by molar-refractivity contribution is -0.0104. The first-order valence-electron chi connectivity index (χ1n) is 4.48. The van der Waals surface area contributed by atoms with E-state index in [1.165, 1.54) is 0 Å². The Balaban J connectivity index is 3.53. The van der Waals surface area contributed by atoms with Crippen molar-refractivity contribution in [3.63, 3.8) is 0 Å². The number of ether oxygens (including phenoxy) is 4. The molecular formula is C9H15O6. The van der Waals surface area contributed by atoms with Crippen molar-refractivity contribution < 1.29 is 28.5 Å². The lowest BCUT2D eigenvalue weighted by Gasteiger charge is -2.09. The van der Waals surface area contributed by atoms with Crippen LogP contribution in [-0.4, -0.2) is 24.5 Å². The molecule has 0 heterocycles. The van der Waals surface area contributed by atoms with Crippen LogP contribution in [-0.2, 0) is 18.9 Å². The summed E-state index contributed by atoms with van der Waals surface area (Å²) in [6, 6.07) is 0. The Kier molecular flexibility index (Phi) is 6.24. The number of hydrogen-bond donors (Lipinski definition) is 0. The lowest BCUT2D eigenvalue weighted by atomic mass is 10.5. The molecule has 0 amide bonds. The van der Waals surface area contributed by atoms with Gasteiger partial charge in [-0.05, 0) is 27.7 Å². The van der Waals surface area contributed by atoms with Crippen molar-refractivity contribution in [3.8, 4) is 0 Å². The molecule has 87 valence electrons. The third-order valence-corrected chi connectivity index (χ3v) is 0.953. The number of carbonyl (C=O) groups is 2. The molecule has 0 saturated carbocycles. The van der Waals surface area contributed by atoms with Crippen molar-refractivity contribution in [2.45, 2.75) is 39.9 Å². The monoisotopic (exact) mass is 219 g/mol. The van der Waals surface area contributed by atoms with E-state index < -0.39 is 12.3 Å². The van der Waals surface area contributed by atoms with Crippen LogP contribution in [0.1, 0.15) is 27.7 Å². The average Bonchev–Trinajstić information content (AvgIpc) is 2.00. The van der Waals surface area contributed by atoms with Gasteiger partial charge in [-0.15, -0.1) is 0 Å².